The van der Waals surface area contributed by atoms with Gasteiger partial charge in [0.05, 0.1) is 5.75 Å². The highest BCUT2D eigenvalue weighted by atomic mass is 32.2. The molecular weight excluding hydrogens is 380 g/mol. The molecule has 0 aliphatic rings. The minimum absolute atomic E-state index is 0.0438. The maximum Gasteiger partial charge on any atom is 0.251 e. The van der Waals surface area contributed by atoms with Crippen molar-refractivity contribution in [2.24, 2.45) is 0 Å². The number of carbonyl (C=O) groups excluding carboxylic acids is 2. The number of sulfone groups is 1. The van der Waals surface area contributed by atoms with Crippen LogP contribution in [0, 0.1) is 0 Å². The molecule has 2 aromatic carbocycles. The summed E-state index contributed by atoms with van der Waals surface area (Å²) in [6.45, 7) is 0.0438. The van der Waals surface area contributed by atoms with Crippen LogP contribution in [-0.2, 0) is 14.6 Å². The SMILES string of the molecule is CNC(=O)c1ccc(/C=C/C(=O)Nc2cccc(OCCS(C)(=O)=O)c2)cc1. The molecule has 0 unspecified atom stereocenters. The first-order valence-corrected chi connectivity index (χ1v) is 10.5. The Morgan fingerprint density at radius 2 is 1.82 bits per heavy atom. The van der Waals surface area contributed by atoms with Crippen LogP contribution in [0.1, 0.15) is 15.9 Å². The number of benzene rings is 2. The van der Waals surface area contributed by atoms with Gasteiger partial charge in [-0.25, -0.2) is 8.42 Å². The fourth-order valence-corrected chi connectivity index (χ4v) is 2.61. The average Bonchev–Trinajstić information content (AvgIpc) is 2.65. The van der Waals surface area contributed by atoms with Crippen molar-refractivity contribution < 1.29 is 22.7 Å². The lowest BCUT2D eigenvalue weighted by Crippen LogP contribution is -2.17. The average molecular weight is 402 g/mol. The number of amides is 2. The molecule has 0 atom stereocenters. The molecule has 0 saturated carbocycles. The van der Waals surface area contributed by atoms with Gasteiger partial charge in [0.1, 0.15) is 12.4 Å². The van der Waals surface area contributed by atoms with Gasteiger partial charge in [0.15, 0.2) is 9.84 Å². The number of hydrogen-bond donors (Lipinski definition) is 2. The van der Waals surface area contributed by atoms with Gasteiger partial charge in [0, 0.05) is 36.7 Å². The predicted octanol–water partition coefficient (Wildman–Crippen LogP) is 2.12. The standard InChI is InChI=1S/C20H22N2O5S/c1-21-20(24)16-9-6-15(7-10-16)8-11-19(23)22-17-4-3-5-18(14-17)27-12-13-28(2,25)26/h3-11,14H,12-13H2,1-2H3,(H,21,24)(H,22,23)/b11-8+. The fraction of sp³-hybridized carbons (Fsp3) is 0.200. The van der Waals surface area contributed by atoms with Crippen LogP contribution in [0.3, 0.4) is 0 Å². The van der Waals surface area contributed by atoms with E-state index in [1.54, 1.807) is 61.7 Å². The molecule has 2 amide bonds. The summed E-state index contributed by atoms with van der Waals surface area (Å²) in [6.07, 6.45) is 4.16. The zero-order valence-electron chi connectivity index (χ0n) is 15.6. The molecule has 0 bridgehead atoms. The van der Waals surface area contributed by atoms with Gasteiger partial charge in [-0.05, 0) is 35.9 Å². The second-order valence-corrected chi connectivity index (χ2v) is 8.29. The van der Waals surface area contributed by atoms with Crippen molar-refractivity contribution >= 4 is 33.4 Å². The van der Waals surface area contributed by atoms with Crippen LogP contribution in [0.25, 0.3) is 6.08 Å². The zero-order chi connectivity index (χ0) is 20.6. The van der Waals surface area contributed by atoms with E-state index in [1.165, 1.54) is 6.08 Å². The van der Waals surface area contributed by atoms with E-state index < -0.39 is 9.84 Å². The summed E-state index contributed by atoms with van der Waals surface area (Å²) in [5, 5.41) is 5.25. The number of rotatable bonds is 8. The third-order valence-corrected chi connectivity index (χ3v) is 4.56. The Kier molecular flexibility index (Phi) is 7.34. The topological polar surface area (TPSA) is 102 Å². The Hall–Kier alpha value is -3.13. The van der Waals surface area contributed by atoms with E-state index in [4.69, 9.17) is 4.74 Å². The largest absolute Gasteiger partial charge is 0.492 e. The normalized spacial score (nSPS) is 11.2. The predicted molar refractivity (Wildman–Crippen MR) is 109 cm³/mol. The summed E-state index contributed by atoms with van der Waals surface area (Å²) < 4.78 is 27.6. The molecule has 0 fully saturated rings. The molecular formula is C20H22N2O5S. The molecule has 2 rings (SSSR count). The van der Waals surface area contributed by atoms with Crippen LogP contribution in [0.15, 0.2) is 54.6 Å². The molecule has 0 aromatic heterocycles. The van der Waals surface area contributed by atoms with Crippen molar-refractivity contribution in [3.8, 4) is 5.75 Å². The first kappa shape index (κ1) is 21.2. The van der Waals surface area contributed by atoms with Crippen LogP contribution >= 0.6 is 0 Å². The third-order valence-electron chi connectivity index (χ3n) is 3.65. The molecule has 7 nitrogen and oxygen atoms in total. The van der Waals surface area contributed by atoms with Crippen molar-refractivity contribution in [1.82, 2.24) is 5.32 Å². The highest BCUT2D eigenvalue weighted by molar-refractivity contribution is 7.90. The number of anilines is 1. The Bertz CT molecular complexity index is 966. The van der Waals surface area contributed by atoms with Crippen molar-refractivity contribution in [2.45, 2.75) is 0 Å². The van der Waals surface area contributed by atoms with Crippen LogP contribution < -0.4 is 15.4 Å². The van der Waals surface area contributed by atoms with Crippen molar-refractivity contribution in [2.75, 3.05) is 31.0 Å². The monoisotopic (exact) mass is 402 g/mol. The quantitative estimate of drug-likeness (QED) is 0.659. The Labute approximate surface area is 164 Å². The first-order valence-electron chi connectivity index (χ1n) is 8.48. The van der Waals surface area contributed by atoms with Gasteiger partial charge in [0.25, 0.3) is 5.91 Å². The smallest absolute Gasteiger partial charge is 0.251 e. The highest BCUT2D eigenvalue weighted by Crippen LogP contribution is 2.17. The summed E-state index contributed by atoms with van der Waals surface area (Å²) in [5.74, 6) is -0.115. The lowest BCUT2D eigenvalue weighted by Gasteiger charge is -2.08. The van der Waals surface area contributed by atoms with Crippen molar-refractivity contribution in [3.05, 3.63) is 65.7 Å². The molecule has 0 aliphatic heterocycles. The lowest BCUT2D eigenvalue weighted by atomic mass is 10.1. The summed E-state index contributed by atoms with van der Waals surface area (Å²) in [4.78, 5) is 23.6. The number of nitrogens with one attached hydrogen (secondary N) is 2. The van der Waals surface area contributed by atoms with E-state index in [2.05, 4.69) is 10.6 Å². The maximum absolute atomic E-state index is 12.1. The third kappa shape index (κ3) is 7.24. The molecule has 2 aromatic rings. The van der Waals surface area contributed by atoms with Crippen LogP contribution in [-0.4, -0.2) is 45.9 Å². The molecule has 0 saturated heterocycles. The van der Waals surface area contributed by atoms with Gasteiger partial charge in [-0.3, -0.25) is 9.59 Å². The second kappa shape index (κ2) is 9.70. The maximum atomic E-state index is 12.1. The lowest BCUT2D eigenvalue weighted by molar-refractivity contribution is -0.111. The van der Waals surface area contributed by atoms with E-state index >= 15 is 0 Å². The summed E-state index contributed by atoms with van der Waals surface area (Å²) >= 11 is 0. The van der Waals surface area contributed by atoms with E-state index in [-0.39, 0.29) is 24.2 Å². The second-order valence-electron chi connectivity index (χ2n) is 6.03. The molecule has 8 heteroatoms. The fourth-order valence-electron chi connectivity index (χ4n) is 2.22. The van der Waals surface area contributed by atoms with E-state index in [0.717, 1.165) is 11.8 Å². The minimum atomic E-state index is -3.09. The Morgan fingerprint density at radius 3 is 2.46 bits per heavy atom. The molecule has 0 aliphatic carbocycles. The molecule has 28 heavy (non-hydrogen) atoms. The summed E-state index contributed by atoms with van der Waals surface area (Å²) in [6, 6.07) is 13.5. The Balaban J connectivity index is 1.92. The van der Waals surface area contributed by atoms with Gasteiger partial charge >= 0.3 is 0 Å². The van der Waals surface area contributed by atoms with Crippen LogP contribution in [0.4, 0.5) is 5.69 Å². The number of hydrogen-bond acceptors (Lipinski definition) is 5. The highest BCUT2D eigenvalue weighted by Gasteiger charge is 2.05. The van der Waals surface area contributed by atoms with Gasteiger partial charge in [-0.2, -0.15) is 0 Å². The Morgan fingerprint density at radius 1 is 1.11 bits per heavy atom. The van der Waals surface area contributed by atoms with E-state index in [9.17, 15) is 18.0 Å². The molecule has 0 radical (unpaired) electrons. The zero-order valence-corrected chi connectivity index (χ0v) is 16.5. The van der Waals surface area contributed by atoms with Gasteiger partial charge in [-0.15, -0.1) is 0 Å². The van der Waals surface area contributed by atoms with Crippen LogP contribution in [0.2, 0.25) is 0 Å². The molecule has 148 valence electrons. The van der Waals surface area contributed by atoms with Crippen molar-refractivity contribution in [1.29, 1.82) is 0 Å². The molecule has 0 heterocycles. The summed E-state index contributed by atoms with van der Waals surface area (Å²) in [7, 11) is -1.53. The van der Waals surface area contributed by atoms with Crippen molar-refractivity contribution in [3.63, 3.8) is 0 Å². The minimum Gasteiger partial charge on any atom is -0.492 e. The van der Waals surface area contributed by atoms with Crippen LogP contribution in [0.5, 0.6) is 5.75 Å². The van der Waals surface area contributed by atoms with Gasteiger partial charge in [-0.1, -0.05) is 18.2 Å². The number of ether oxygens (including phenoxy) is 1. The number of carbonyl (C=O) groups is 2. The van der Waals surface area contributed by atoms with Gasteiger partial charge in [0.2, 0.25) is 5.91 Å². The van der Waals surface area contributed by atoms with Gasteiger partial charge < -0.3 is 15.4 Å². The molecule has 0 spiro atoms. The summed E-state index contributed by atoms with van der Waals surface area (Å²) in [5.41, 5.74) is 1.85. The molecule has 2 N–H and O–H groups in total. The first-order chi connectivity index (χ1) is 13.3. The van der Waals surface area contributed by atoms with E-state index in [1.807, 2.05) is 0 Å². The van der Waals surface area contributed by atoms with E-state index in [0.29, 0.717) is 17.0 Å².